The number of rotatable bonds is 8. The third-order valence-electron chi connectivity index (χ3n) is 9.23. The average molecular weight is 751 g/mol. The van der Waals surface area contributed by atoms with E-state index in [0.717, 1.165) is 38.2 Å². The lowest BCUT2D eigenvalue weighted by atomic mass is 9.98. The Hall–Kier alpha value is -5.18. The van der Waals surface area contributed by atoms with Crippen molar-refractivity contribution in [3.05, 3.63) is 88.9 Å². The SMILES string of the molecule is CC(C)(C)OC(=O)N1CC[C@@H](Nc2cccc3c2cc(-c2nnc(CNC(=O)OCC4c5ccccc5-c5ccccc54)s2)n3CC(F)(F)F)[C@@H](F)C1. The summed E-state index contributed by atoms with van der Waals surface area (Å²) in [6, 6.07) is 21.7. The minimum Gasteiger partial charge on any atom is -0.449 e. The van der Waals surface area contributed by atoms with E-state index in [-0.39, 0.29) is 54.8 Å². The van der Waals surface area contributed by atoms with E-state index in [9.17, 15) is 22.8 Å². The molecule has 15 heteroatoms. The number of benzene rings is 3. The van der Waals surface area contributed by atoms with Crippen LogP contribution in [0.3, 0.4) is 0 Å². The molecule has 5 aromatic rings. The molecule has 0 bridgehead atoms. The minimum atomic E-state index is -4.55. The monoisotopic (exact) mass is 750 g/mol. The number of carbonyl (C=O) groups excluding carboxylic acids is 2. The second kappa shape index (κ2) is 14.3. The number of nitrogens with zero attached hydrogens (tertiary/aromatic N) is 4. The van der Waals surface area contributed by atoms with Crippen molar-refractivity contribution in [3.63, 3.8) is 0 Å². The highest BCUT2D eigenvalue weighted by Crippen LogP contribution is 2.44. The first-order valence-electron chi connectivity index (χ1n) is 17.2. The highest BCUT2D eigenvalue weighted by Gasteiger charge is 2.35. The lowest BCUT2D eigenvalue weighted by Crippen LogP contribution is -2.51. The van der Waals surface area contributed by atoms with E-state index in [1.165, 1.54) is 4.90 Å². The largest absolute Gasteiger partial charge is 0.449 e. The zero-order valence-corrected chi connectivity index (χ0v) is 30.1. The number of hydrogen-bond acceptors (Lipinski definition) is 8. The first-order chi connectivity index (χ1) is 25.2. The Labute approximate surface area is 307 Å². The Morgan fingerprint density at radius 2 is 1.66 bits per heavy atom. The third kappa shape index (κ3) is 7.94. The molecule has 3 aromatic carbocycles. The lowest BCUT2D eigenvalue weighted by Gasteiger charge is -2.36. The molecular weight excluding hydrogens is 713 g/mol. The molecule has 278 valence electrons. The minimum absolute atomic E-state index is 0.0411. The van der Waals surface area contributed by atoms with Crippen molar-refractivity contribution in [2.24, 2.45) is 0 Å². The van der Waals surface area contributed by atoms with Crippen LogP contribution in [0.2, 0.25) is 0 Å². The average Bonchev–Trinajstić information content (AvgIpc) is 3.81. The van der Waals surface area contributed by atoms with Crippen molar-refractivity contribution in [2.45, 2.75) is 70.2 Å². The summed E-state index contributed by atoms with van der Waals surface area (Å²) in [7, 11) is 0. The summed E-state index contributed by atoms with van der Waals surface area (Å²) in [5.41, 5.74) is 4.55. The van der Waals surface area contributed by atoms with Crippen molar-refractivity contribution in [2.75, 3.05) is 25.0 Å². The molecule has 7 rings (SSSR count). The fourth-order valence-electron chi connectivity index (χ4n) is 6.92. The zero-order chi connectivity index (χ0) is 37.5. The van der Waals surface area contributed by atoms with Gasteiger partial charge in [-0.3, -0.25) is 0 Å². The normalized spacial score (nSPS) is 17.4. The van der Waals surface area contributed by atoms with E-state index in [1.807, 2.05) is 48.5 Å². The first kappa shape index (κ1) is 36.2. The Kier molecular flexibility index (Phi) is 9.79. The van der Waals surface area contributed by atoms with Gasteiger partial charge in [0.15, 0.2) is 5.01 Å². The van der Waals surface area contributed by atoms with Crippen LogP contribution in [0.1, 0.15) is 49.2 Å². The molecule has 2 aliphatic rings. The number of piperidine rings is 1. The molecule has 1 saturated heterocycles. The number of hydrogen-bond donors (Lipinski definition) is 2. The Morgan fingerprint density at radius 3 is 2.32 bits per heavy atom. The first-order valence-corrected chi connectivity index (χ1v) is 18.0. The van der Waals surface area contributed by atoms with Crippen molar-refractivity contribution in [3.8, 4) is 21.8 Å². The van der Waals surface area contributed by atoms with Crippen LogP contribution in [-0.2, 0) is 22.6 Å². The van der Waals surface area contributed by atoms with Crippen LogP contribution < -0.4 is 10.6 Å². The maximum atomic E-state index is 15.4. The molecule has 1 aliphatic carbocycles. The summed E-state index contributed by atoms with van der Waals surface area (Å²) < 4.78 is 69.2. The molecule has 0 unspecified atom stereocenters. The van der Waals surface area contributed by atoms with E-state index >= 15 is 4.39 Å². The molecule has 0 spiro atoms. The molecule has 2 atom stereocenters. The number of alkyl halides is 4. The fourth-order valence-corrected chi connectivity index (χ4v) is 7.73. The van der Waals surface area contributed by atoms with Gasteiger partial charge in [-0.15, -0.1) is 10.2 Å². The molecule has 53 heavy (non-hydrogen) atoms. The number of anilines is 1. The van der Waals surface area contributed by atoms with Crippen LogP contribution in [0.15, 0.2) is 72.8 Å². The molecule has 2 N–H and O–H groups in total. The van der Waals surface area contributed by atoms with Gasteiger partial charge in [0.05, 0.1) is 30.3 Å². The molecule has 2 amide bonds. The summed E-state index contributed by atoms with van der Waals surface area (Å²) in [5, 5.41) is 15.2. The van der Waals surface area contributed by atoms with Crippen molar-refractivity contribution in [1.82, 2.24) is 25.0 Å². The molecule has 0 saturated carbocycles. The predicted molar refractivity (Wildman–Crippen MR) is 194 cm³/mol. The number of ether oxygens (including phenoxy) is 2. The summed E-state index contributed by atoms with van der Waals surface area (Å²) >= 11 is 1.05. The summed E-state index contributed by atoms with van der Waals surface area (Å²) in [5.74, 6) is -0.114. The van der Waals surface area contributed by atoms with E-state index in [4.69, 9.17) is 9.47 Å². The van der Waals surface area contributed by atoms with Crippen LogP contribution >= 0.6 is 11.3 Å². The van der Waals surface area contributed by atoms with Gasteiger partial charge < -0.3 is 29.6 Å². The van der Waals surface area contributed by atoms with Crippen LogP contribution in [0.4, 0.5) is 32.8 Å². The van der Waals surface area contributed by atoms with Gasteiger partial charge >= 0.3 is 18.4 Å². The Bertz CT molecular complexity index is 2100. The molecule has 3 heterocycles. The number of alkyl carbamates (subject to hydrolysis) is 1. The number of amides is 2. The number of likely N-dealkylation sites (tertiary alicyclic amines) is 1. The molecule has 1 aliphatic heterocycles. The van der Waals surface area contributed by atoms with E-state index in [1.54, 1.807) is 45.0 Å². The van der Waals surface area contributed by atoms with Gasteiger partial charge in [0, 0.05) is 23.5 Å². The van der Waals surface area contributed by atoms with Gasteiger partial charge in [0.1, 0.15) is 29.9 Å². The molecule has 10 nitrogen and oxygen atoms in total. The second-order valence-electron chi connectivity index (χ2n) is 14.1. The molecule has 2 aromatic heterocycles. The van der Waals surface area contributed by atoms with Crippen molar-refractivity contribution < 1.29 is 36.6 Å². The lowest BCUT2D eigenvalue weighted by molar-refractivity contribution is -0.139. The second-order valence-corrected chi connectivity index (χ2v) is 15.2. The van der Waals surface area contributed by atoms with E-state index in [2.05, 4.69) is 20.8 Å². The maximum absolute atomic E-state index is 15.4. The summed E-state index contributed by atoms with van der Waals surface area (Å²) in [6.07, 6.45) is -6.99. The highest BCUT2D eigenvalue weighted by atomic mass is 32.1. The number of aromatic nitrogens is 3. The quantitative estimate of drug-likeness (QED) is 0.153. The van der Waals surface area contributed by atoms with Gasteiger partial charge in [0.25, 0.3) is 0 Å². The molecular formula is C38H38F4N6O4S. The van der Waals surface area contributed by atoms with E-state index < -0.39 is 42.7 Å². The van der Waals surface area contributed by atoms with Crippen LogP contribution in [0.5, 0.6) is 0 Å². The predicted octanol–water partition coefficient (Wildman–Crippen LogP) is 8.52. The highest BCUT2D eigenvalue weighted by molar-refractivity contribution is 7.14. The number of nitrogens with one attached hydrogen (secondary N) is 2. The van der Waals surface area contributed by atoms with Gasteiger partial charge in [-0.1, -0.05) is 65.9 Å². The van der Waals surface area contributed by atoms with Crippen molar-refractivity contribution >= 4 is 40.1 Å². The van der Waals surface area contributed by atoms with Gasteiger partial charge in [-0.25, -0.2) is 14.0 Å². The summed E-state index contributed by atoms with van der Waals surface area (Å²) in [6.45, 7) is 4.07. The zero-order valence-electron chi connectivity index (χ0n) is 29.2. The van der Waals surface area contributed by atoms with Crippen molar-refractivity contribution in [1.29, 1.82) is 0 Å². The summed E-state index contributed by atoms with van der Waals surface area (Å²) in [4.78, 5) is 26.6. The maximum Gasteiger partial charge on any atom is 0.410 e. The van der Waals surface area contributed by atoms with Gasteiger partial charge in [-0.2, -0.15) is 13.2 Å². The Morgan fingerprint density at radius 1 is 0.962 bits per heavy atom. The smallest absolute Gasteiger partial charge is 0.410 e. The molecule has 1 fully saturated rings. The number of halogens is 4. The topological polar surface area (TPSA) is 111 Å². The fraction of sp³-hybridized carbons (Fsp3) is 0.368. The number of fused-ring (bicyclic) bond motifs is 4. The van der Waals surface area contributed by atoms with Crippen LogP contribution in [0, 0.1) is 0 Å². The Balaban J connectivity index is 1.04. The van der Waals surface area contributed by atoms with Crippen LogP contribution in [0.25, 0.3) is 32.7 Å². The van der Waals surface area contributed by atoms with Gasteiger partial charge in [-0.05, 0) is 67.6 Å². The number of carbonyl (C=O) groups is 2. The standard InChI is InChI=1S/C38H38F4N6O4S/c1-37(2,3)52-36(50)47-16-15-30(28(39)19-47)44-29-13-8-14-31-26(29)17-32(48(31)21-38(40,41)42)34-46-45-33(53-34)18-43-35(49)51-20-27-24-11-6-4-9-22(24)23-10-5-7-12-25(23)27/h4-14,17,27-28,30,44H,15-16,18-21H2,1-3H3,(H,43,49)/t28-,30+/m0/s1. The molecule has 0 radical (unpaired) electrons. The van der Waals surface area contributed by atoms with Gasteiger partial charge in [0.2, 0.25) is 0 Å². The van der Waals surface area contributed by atoms with Crippen LogP contribution in [-0.4, -0.2) is 75.5 Å². The third-order valence-corrected chi connectivity index (χ3v) is 10.2. The van der Waals surface area contributed by atoms with E-state index in [0.29, 0.717) is 16.1 Å².